The van der Waals surface area contributed by atoms with E-state index in [9.17, 15) is 18.0 Å². The average molecular weight is 584 g/mol. The summed E-state index contributed by atoms with van der Waals surface area (Å²) in [7, 11) is -4.16. The van der Waals surface area contributed by atoms with Crippen LogP contribution in [0, 0.1) is 19.8 Å². The molecule has 3 aromatic carbocycles. The van der Waals surface area contributed by atoms with Crippen LogP contribution in [0.25, 0.3) is 0 Å². The molecule has 0 aromatic heterocycles. The first-order valence-corrected chi connectivity index (χ1v) is 15.2. The lowest BCUT2D eigenvalue weighted by atomic mass is 10.1. The van der Waals surface area contributed by atoms with Gasteiger partial charge in [-0.05, 0) is 61.6 Å². The number of nitrogens with one attached hydrogen (secondary N) is 1. The van der Waals surface area contributed by atoms with Crippen LogP contribution in [0.5, 0.6) is 0 Å². The molecule has 3 aromatic rings. The summed E-state index contributed by atoms with van der Waals surface area (Å²) >= 11 is 6.29. The van der Waals surface area contributed by atoms with Crippen LogP contribution in [0.3, 0.4) is 0 Å². The minimum atomic E-state index is -4.16. The molecule has 0 unspecified atom stereocenters. The Morgan fingerprint density at radius 3 is 2.20 bits per heavy atom. The fourth-order valence-electron chi connectivity index (χ4n) is 4.32. The fourth-order valence-corrected chi connectivity index (χ4v) is 5.96. The summed E-state index contributed by atoms with van der Waals surface area (Å²) in [5.74, 6) is -0.529. The molecule has 1 N–H and O–H groups in total. The Bertz CT molecular complexity index is 1410. The van der Waals surface area contributed by atoms with Gasteiger partial charge < -0.3 is 10.2 Å². The van der Waals surface area contributed by atoms with Gasteiger partial charge in [0.05, 0.1) is 10.6 Å². The van der Waals surface area contributed by atoms with E-state index < -0.39 is 28.5 Å². The maximum atomic E-state index is 14.1. The van der Waals surface area contributed by atoms with E-state index in [1.54, 1.807) is 37.3 Å². The third-order valence-electron chi connectivity index (χ3n) is 6.59. The molecule has 0 saturated carbocycles. The maximum absolute atomic E-state index is 14.1. The number of hydrogen-bond donors (Lipinski definition) is 1. The molecular weight excluding hydrogens is 546 g/mol. The molecule has 0 spiro atoms. The molecule has 0 bridgehead atoms. The van der Waals surface area contributed by atoms with E-state index in [4.69, 9.17) is 11.6 Å². The van der Waals surface area contributed by atoms with Gasteiger partial charge in [0.2, 0.25) is 11.8 Å². The fraction of sp³-hybridized carbons (Fsp3) is 0.355. The average Bonchev–Trinajstić information content (AvgIpc) is 2.92. The van der Waals surface area contributed by atoms with Crippen LogP contribution in [0.1, 0.15) is 43.9 Å². The Labute approximate surface area is 243 Å². The van der Waals surface area contributed by atoms with E-state index in [2.05, 4.69) is 5.32 Å². The van der Waals surface area contributed by atoms with Crippen LogP contribution >= 0.6 is 11.6 Å². The summed E-state index contributed by atoms with van der Waals surface area (Å²) in [5, 5.41) is 3.28. The Balaban J connectivity index is 2.07. The Morgan fingerprint density at radius 2 is 1.60 bits per heavy atom. The number of sulfonamides is 1. The zero-order chi connectivity index (χ0) is 29.4. The molecule has 9 heteroatoms. The summed E-state index contributed by atoms with van der Waals surface area (Å²) in [6.07, 6.45) is 0.364. The zero-order valence-corrected chi connectivity index (χ0v) is 25.3. The van der Waals surface area contributed by atoms with Crippen molar-refractivity contribution in [3.05, 3.63) is 94.5 Å². The van der Waals surface area contributed by atoms with Gasteiger partial charge >= 0.3 is 0 Å². The number of aryl methyl sites for hydroxylation is 2. The van der Waals surface area contributed by atoms with Crippen LogP contribution < -0.4 is 9.62 Å². The SMILES string of the molecule is CC[C@H](C(=O)NCC(C)C)N(Cc1ccccc1)C(=O)CN(c1cc(Cl)ccc1C)S(=O)(=O)c1ccc(C)cc1. The van der Waals surface area contributed by atoms with Crippen molar-refractivity contribution < 1.29 is 18.0 Å². The third kappa shape index (κ3) is 7.86. The molecule has 1 atom stereocenters. The highest BCUT2D eigenvalue weighted by Crippen LogP contribution is 2.30. The normalized spacial score (nSPS) is 12.2. The quantitative estimate of drug-likeness (QED) is 0.295. The Kier molecular flexibility index (Phi) is 10.8. The molecule has 0 aliphatic carbocycles. The maximum Gasteiger partial charge on any atom is 0.264 e. The number of carbonyl (C=O) groups excluding carboxylic acids is 2. The van der Waals surface area contributed by atoms with Crippen molar-refractivity contribution in [2.75, 3.05) is 17.4 Å². The molecule has 0 saturated heterocycles. The van der Waals surface area contributed by atoms with Crippen molar-refractivity contribution in [3.8, 4) is 0 Å². The van der Waals surface area contributed by atoms with E-state index >= 15 is 0 Å². The van der Waals surface area contributed by atoms with Crippen LogP contribution in [-0.2, 0) is 26.2 Å². The predicted molar refractivity (Wildman–Crippen MR) is 161 cm³/mol. The first kappa shape index (κ1) is 31.2. The van der Waals surface area contributed by atoms with Crippen molar-refractivity contribution >= 4 is 39.1 Å². The Morgan fingerprint density at radius 1 is 0.950 bits per heavy atom. The van der Waals surface area contributed by atoms with Gasteiger partial charge in [-0.2, -0.15) is 0 Å². The monoisotopic (exact) mass is 583 g/mol. The van der Waals surface area contributed by atoms with Crippen molar-refractivity contribution in [1.82, 2.24) is 10.2 Å². The Hall–Kier alpha value is -3.36. The second-order valence-corrected chi connectivity index (χ2v) is 12.6. The lowest BCUT2D eigenvalue weighted by Gasteiger charge is -2.33. The molecule has 3 rings (SSSR count). The van der Waals surface area contributed by atoms with Crippen LogP contribution in [0.2, 0.25) is 5.02 Å². The molecule has 40 heavy (non-hydrogen) atoms. The number of nitrogens with zero attached hydrogens (tertiary/aromatic N) is 2. The standard InChI is InChI=1S/C31H38ClN3O4S/c1-6-28(31(37)33-19-22(2)3)34(20-25-10-8-7-9-11-25)30(36)21-35(29-18-26(32)15-14-24(29)5)40(38,39)27-16-12-23(4)13-17-27/h7-18,22,28H,6,19-21H2,1-5H3,(H,33,37)/t28-/m1/s1. The predicted octanol–water partition coefficient (Wildman–Crippen LogP) is 5.73. The van der Waals surface area contributed by atoms with Crippen LogP contribution in [0.15, 0.2) is 77.7 Å². The summed E-state index contributed by atoms with van der Waals surface area (Å²) < 4.78 is 29.1. The molecule has 2 amide bonds. The van der Waals surface area contributed by atoms with Gasteiger partial charge in [-0.3, -0.25) is 13.9 Å². The van der Waals surface area contributed by atoms with Crippen molar-refractivity contribution in [3.63, 3.8) is 0 Å². The van der Waals surface area contributed by atoms with E-state index in [0.29, 0.717) is 29.2 Å². The summed E-state index contributed by atoms with van der Waals surface area (Å²) in [4.78, 5) is 28.9. The molecule has 0 aliphatic heterocycles. The second kappa shape index (κ2) is 13.8. The highest BCUT2D eigenvalue weighted by Gasteiger charge is 2.34. The molecule has 0 radical (unpaired) electrons. The summed E-state index contributed by atoms with van der Waals surface area (Å²) in [6.45, 7) is 9.59. The van der Waals surface area contributed by atoms with Gasteiger partial charge in [0.1, 0.15) is 12.6 Å². The first-order valence-electron chi connectivity index (χ1n) is 13.4. The number of benzene rings is 3. The third-order valence-corrected chi connectivity index (χ3v) is 8.60. The minimum Gasteiger partial charge on any atom is -0.354 e. The van der Waals surface area contributed by atoms with E-state index in [1.807, 2.05) is 58.0 Å². The smallest absolute Gasteiger partial charge is 0.264 e. The highest BCUT2D eigenvalue weighted by molar-refractivity contribution is 7.92. The number of rotatable bonds is 12. The minimum absolute atomic E-state index is 0.0570. The topological polar surface area (TPSA) is 86.8 Å². The second-order valence-electron chi connectivity index (χ2n) is 10.3. The number of hydrogen-bond acceptors (Lipinski definition) is 4. The number of anilines is 1. The lowest BCUT2D eigenvalue weighted by Crippen LogP contribution is -2.52. The van der Waals surface area contributed by atoms with E-state index in [1.165, 1.54) is 17.0 Å². The van der Waals surface area contributed by atoms with Crippen molar-refractivity contribution in [2.24, 2.45) is 5.92 Å². The van der Waals surface area contributed by atoms with Gasteiger partial charge in [0.25, 0.3) is 10.0 Å². The summed E-state index contributed by atoms with van der Waals surface area (Å²) in [6, 6.07) is 20.0. The van der Waals surface area contributed by atoms with E-state index in [0.717, 1.165) is 15.4 Å². The largest absolute Gasteiger partial charge is 0.354 e. The highest BCUT2D eigenvalue weighted by atomic mass is 35.5. The summed E-state index contributed by atoms with van der Waals surface area (Å²) in [5.41, 5.74) is 2.69. The lowest BCUT2D eigenvalue weighted by molar-refractivity contribution is -0.140. The number of carbonyl (C=O) groups is 2. The molecule has 0 aliphatic rings. The van der Waals surface area contributed by atoms with Gasteiger partial charge in [0.15, 0.2) is 0 Å². The zero-order valence-electron chi connectivity index (χ0n) is 23.7. The van der Waals surface area contributed by atoms with Gasteiger partial charge in [-0.1, -0.05) is 86.5 Å². The number of amides is 2. The van der Waals surface area contributed by atoms with Crippen LogP contribution in [0.4, 0.5) is 5.69 Å². The van der Waals surface area contributed by atoms with Crippen LogP contribution in [-0.4, -0.2) is 44.3 Å². The van der Waals surface area contributed by atoms with Crippen molar-refractivity contribution in [1.29, 1.82) is 0 Å². The van der Waals surface area contributed by atoms with Gasteiger partial charge in [0, 0.05) is 18.1 Å². The van der Waals surface area contributed by atoms with E-state index in [-0.39, 0.29) is 23.3 Å². The van der Waals surface area contributed by atoms with Crippen molar-refractivity contribution in [2.45, 2.75) is 58.5 Å². The van der Waals surface area contributed by atoms with Gasteiger partial charge in [-0.15, -0.1) is 0 Å². The van der Waals surface area contributed by atoms with Gasteiger partial charge in [-0.25, -0.2) is 8.42 Å². The molecule has 7 nitrogen and oxygen atoms in total. The molecule has 0 heterocycles. The molecule has 214 valence electrons. The number of halogens is 1. The molecular formula is C31H38ClN3O4S. The molecule has 0 fully saturated rings. The first-order chi connectivity index (χ1) is 18.9.